The summed E-state index contributed by atoms with van der Waals surface area (Å²) in [6, 6.07) is 32.1. The Morgan fingerprint density at radius 3 is 1.57 bits per heavy atom. The molecule has 0 radical (unpaired) electrons. The van der Waals surface area contributed by atoms with Crippen molar-refractivity contribution >= 4 is 23.2 Å². The summed E-state index contributed by atoms with van der Waals surface area (Å²) in [4.78, 5) is 0. The van der Waals surface area contributed by atoms with Gasteiger partial charge in [0.05, 0.1) is 6.16 Å². The zero-order valence-electron chi connectivity index (χ0n) is 22.8. The van der Waals surface area contributed by atoms with E-state index in [0.29, 0.717) is 0 Å². The average molecular weight is 488 g/mol. The molecule has 1 atom stereocenters. The largest absolute Gasteiger partial charge is 0.112 e. The van der Waals surface area contributed by atoms with Crippen LogP contribution >= 0.6 is 7.26 Å². The number of unbranched alkanes of at least 4 members (excludes halogenated alkanes) is 4. The molecule has 3 rings (SSSR count). The van der Waals surface area contributed by atoms with E-state index in [4.69, 9.17) is 0 Å². The van der Waals surface area contributed by atoms with Crippen LogP contribution < -0.4 is 15.9 Å². The van der Waals surface area contributed by atoms with Crippen LogP contribution in [0, 0.1) is 18.8 Å². The van der Waals surface area contributed by atoms with Crippen molar-refractivity contribution in [1.82, 2.24) is 0 Å². The molecule has 0 aliphatic rings. The Morgan fingerprint density at radius 2 is 1.00 bits per heavy atom. The molecule has 0 aromatic heterocycles. The van der Waals surface area contributed by atoms with Gasteiger partial charge in [0.15, 0.2) is 0 Å². The fourth-order valence-electron chi connectivity index (χ4n) is 5.39. The molecule has 0 nitrogen and oxygen atoms in total. The fourth-order valence-corrected chi connectivity index (χ4v) is 9.78. The molecule has 0 saturated heterocycles. The van der Waals surface area contributed by atoms with Crippen molar-refractivity contribution in [3.8, 4) is 0 Å². The molecule has 1 heteroatoms. The topological polar surface area (TPSA) is 0 Å². The van der Waals surface area contributed by atoms with Gasteiger partial charge in [-0.05, 0) is 68.0 Å². The van der Waals surface area contributed by atoms with Crippen molar-refractivity contribution in [3.63, 3.8) is 0 Å². The Labute approximate surface area is 216 Å². The second kappa shape index (κ2) is 14.6. The van der Waals surface area contributed by atoms with Crippen LogP contribution in [0.1, 0.15) is 84.1 Å². The van der Waals surface area contributed by atoms with Gasteiger partial charge in [-0.15, -0.1) is 0 Å². The molecule has 0 aliphatic carbocycles. The molecule has 35 heavy (non-hydrogen) atoms. The monoisotopic (exact) mass is 487 g/mol. The van der Waals surface area contributed by atoms with E-state index < -0.39 is 7.26 Å². The summed E-state index contributed by atoms with van der Waals surface area (Å²) in [5, 5.41) is 4.56. The van der Waals surface area contributed by atoms with Gasteiger partial charge in [-0.2, -0.15) is 0 Å². The molecule has 0 N–H and O–H groups in total. The maximum absolute atomic E-state index is 2.46. The number of hydrogen-bond donors (Lipinski definition) is 0. The van der Waals surface area contributed by atoms with Crippen LogP contribution in [0.15, 0.2) is 84.9 Å². The molecule has 0 fully saturated rings. The lowest BCUT2D eigenvalue weighted by Crippen LogP contribution is -2.33. The third-order valence-corrected chi connectivity index (χ3v) is 12.1. The molecule has 0 saturated carbocycles. The molecule has 1 unspecified atom stereocenters. The first kappa shape index (κ1) is 27.7. The predicted octanol–water partition coefficient (Wildman–Crippen LogP) is 9.09. The van der Waals surface area contributed by atoms with Crippen molar-refractivity contribution in [2.75, 3.05) is 6.16 Å². The first-order chi connectivity index (χ1) is 17.0. The third kappa shape index (κ3) is 8.32. The van der Waals surface area contributed by atoms with E-state index in [1.54, 1.807) is 0 Å². The van der Waals surface area contributed by atoms with Crippen molar-refractivity contribution in [1.29, 1.82) is 0 Å². The summed E-state index contributed by atoms with van der Waals surface area (Å²) in [6.45, 7) is 9.34. The Balaban J connectivity index is 1.64. The third-order valence-electron chi connectivity index (χ3n) is 7.54. The van der Waals surface area contributed by atoms with E-state index in [9.17, 15) is 0 Å². The van der Waals surface area contributed by atoms with Gasteiger partial charge in [-0.1, -0.05) is 120 Å². The van der Waals surface area contributed by atoms with Crippen LogP contribution in [0.2, 0.25) is 0 Å². The predicted molar refractivity (Wildman–Crippen MR) is 160 cm³/mol. The lowest BCUT2D eigenvalue weighted by molar-refractivity contribution is 0.418. The molecule has 3 aromatic carbocycles. The van der Waals surface area contributed by atoms with E-state index in [-0.39, 0.29) is 0 Å². The highest BCUT2D eigenvalue weighted by atomic mass is 31.2. The maximum atomic E-state index is 2.46. The van der Waals surface area contributed by atoms with Crippen LogP contribution in [0.5, 0.6) is 0 Å². The molecule has 0 spiro atoms. The number of benzene rings is 3. The Morgan fingerprint density at radius 1 is 0.514 bits per heavy atom. The molecule has 3 aromatic rings. The minimum absolute atomic E-state index is 0.851. The quantitative estimate of drug-likeness (QED) is 0.148. The molecular formula is C34H48P+. The van der Waals surface area contributed by atoms with Crippen LogP contribution in [0.3, 0.4) is 0 Å². The molecule has 0 heterocycles. The SMILES string of the molecule is Cc1ccc([P+](CCCCCCCC(C)CCCC(C)C)(c2ccccc2)c2ccccc2)cc1. The highest BCUT2D eigenvalue weighted by molar-refractivity contribution is 7.95. The minimum Gasteiger partial charge on any atom is -0.0628 e. The summed E-state index contributed by atoms with van der Waals surface area (Å²) in [5.74, 6) is 1.74. The van der Waals surface area contributed by atoms with E-state index in [0.717, 1.165) is 11.8 Å². The summed E-state index contributed by atoms with van der Waals surface area (Å²) in [5.41, 5.74) is 1.34. The summed E-state index contributed by atoms with van der Waals surface area (Å²) in [6.07, 6.45) is 13.7. The van der Waals surface area contributed by atoms with Gasteiger partial charge in [-0.25, -0.2) is 0 Å². The highest BCUT2D eigenvalue weighted by Crippen LogP contribution is 2.56. The summed E-state index contributed by atoms with van der Waals surface area (Å²) in [7, 11) is -1.67. The zero-order valence-corrected chi connectivity index (χ0v) is 23.7. The summed E-state index contributed by atoms with van der Waals surface area (Å²) >= 11 is 0. The molecule has 0 bridgehead atoms. The van der Waals surface area contributed by atoms with E-state index in [1.165, 1.54) is 85.4 Å². The highest BCUT2D eigenvalue weighted by Gasteiger charge is 2.44. The van der Waals surface area contributed by atoms with Gasteiger partial charge in [-0.3, -0.25) is 0 Å². The molecule has 0 amide bonds. The smallest absolute Gasteiger partial charge is 0.0628 e. The standard InChI is InChI=1S/C34H48P/c1-29(2)17-16-19-30(3)18-10-6-5-7-15-28-35(32-20-11-8-12-21-32,33-22-13-9-14-23-33)34-26-24-31(4)25-27-34/h8-9,11-14,20-27,29-30H,5-7,10,15-19,28H2,1-4H3/q+1. The fraction of sp³-hybridized carbons (Fsp3) is 0.471. The van der Waals surface area contributed by atoms with Crippen LogP contribution in [0.25, 0.3) is 0 Å². The molecule has 0 aliphatic heterocycles. The molecule has 188 valence electrons. The van der Waals surface area contributed by atoms with Crippen LogP contribution in [-0.2, 0) is 0 Å². The lowest BCUT2D eigenvalue weighted by atomic mass is 9.95. The van der Waals surface area contributed by atoms with Crippen molar-refractivity contribution in [2.24, 2.45) is 11.8 Å². The average Bonchev–Trinajstić information content (AvgIpc) is 2.87. The Bertz CT molecular complexity index is 903. The number of hydrogen-bond acceptors (Lipinski definition) is 0. The van der Waals surface area contributed by atoms with E-state index >= 15 is 0 Å². The van der Waals surface area contributed by atoms with Crippen LogP contribution in [0.4, 0.5) is 0 Å². The first-order valence-corrected chi connectivity index (χ1v) is 16.1. The Hall–Kier alpha value is -1.91. The van der Waals surface area contributed by atoms with Gasteiger partial charge in [0, 0.05) is 0 Å². The van der Waals surface area contributed by atoms with Gasteiger partial charge < -0.3 is 0 Å². The second-order valence-corrected chi connectivity index (χ2v) is 14.6. The molecular weight excluding hydrogens is 439 g/mol. The normalized spacial score (nSPS) is 12.7. The van der Waals surface area contributed by atoms with E-state index in [2.05, 4.69) is 113 Å². The minimum atomic E-state index is -1.67. The second-order valence-electron chi connectivity index (χ2n) is 11.0. The van der Waals surface area contributed by atoms with Crippen LogP contribution in [-0.4, -0.2) is 6.16 Å². The van der Waals surface area contributed by atoms with Gasteiger partial charge in [0.2, 0.25) is 0 Å². The first-order valence-electron chi connectivity index (χ1n) is 14.1. The zero-order chi connectivity index (χ0) is 24.9. The van der Waals surface area contributed by atoms with Gasteiger partial charge >= 0.3 is 0 Å². The maximum Gasteiger partial charge on any atom is 0.112 e. The van der Waals surface area contributed by atoms with Crippen molar-refractivity contribution < 1.29 is 0 Å². The van der Waals surface area contributed by atoms with Crippen molar-refractivity contribution in [2.45, 2.75) is 85.5 Å². The van der Waals surface area contributed by atoms with E-state index in [1.807, 2.05) is 0 Å². The van der Waals surface area contributed by atoms with Crippen molar-refractivity contribution in [3.05, 3.63) is 90.5 Å². The van der Waals surface area contributed by atoms with Gasteiger partial charge in [0.25, 0.3) is 0 Å². The van der Waals surface area contributed by atoms with Gasteiger partial charge in [0.1, 0.15) is 23.2 Å². The lowest BCUT2D eigenvalue weighted by Gasteiger charge is -2.28. The Kier molecular flexibility index (Phi) is 11.5. The number of aryl methyl sites for hydroxylation is 1. The summed E-state index contributed by atoms with van der Waals surface area (Å²) < 4.78 is 0. The number of rotatable bonds is 15.